The Balaban J connectivity index is 0.00000256. The lowest BCUT2D eigenvalue weighted by Gasteiger charge is -2.29. The van der Waals surface area contributed by atoms with Gasteiger partial charge in [0.15, 0.2) is 0 Å². The second-order valence-corrected chi connectivity index (χ2v) is 5.62. The molecule has 2 N–H and O–H groups in total. The summed E-state index contributed by atoms with van der Waals surface area (Å²) in [6.07, 6.45) is -0.544. The van der Waals surface area contributed by atoms with Crippen LogP contribution in [0.4, 0.5) is 0 Å². The summed E-state index contributed by atoms with van der Waals surface area (Å²) in [5, 5.41) is 14.2. The van der Waals surface area contributed by atoms with E-state index in [1.807, 2.05) is 19.1 Å². The zero-order valence-corrected chi connectivity index (χ0v) is 12.3. The van der Waals surface area contributed by atoms with Crippen molar-refractivity contribution in [2.24, 2.45) is 0 Å². The van der Waals surface area contributed by atoms with Crippen LogP contribution >= 0.6 is 24.0 Å². The molecule has 1 aromatic carbocycles. The number of aliphatic hydroxyl groups excluding tert-OH is 1. The summed E-state index contributed by atoms with van der Waals surface area (Å²) in [7, 11) is 0. The number of benzene rings is 1. The van der Waals surface area contributed by atoms with Crippen molar-refractivity contribution in [1.82, 2.24) is 5.32 Å². The van der Waals surface area contributed by atoms with E-state index in [0.717, 1.165) is 5.56 Å². The first-order valence-electron chi connectivity index (χ1n) is 5.51. The number of nitrogens with one attached hydrogen (secondary N) is 1. The topological polar surface area (TPSA) is 32.3 Å². The van der Waals surface area contributed by atoms with Gasteiger partial charge in [-0.15, -0.1) is 12.4 Å². The number of rotatable bonds is 3. The minimum atomic E-state index is -0.544. The van der Waals surface area contributed by atoms with Crippen molar-refractivity contribution in [2.75, 3.05) is 0 Å². The minimum Gasteiger partial charge on any atom is -0.387 e. The fraction of sp³-hybridized carbons (Fsp3) is 0.538. The predicted molar refractivity (Wildman–Crippen MR) is 76.0 cm³/mol. The van der Waals surface area contributed by atoms with E-state index in [1.54, 1.807) is 12.1 Å². The quantitative estimate of drug-likeness (QED) is 0.885. The molecule has 17 heavy (non-hydrogen) atoms. The minimum absolute atomic E-state index is 0. The Bertz CT molecular complexity index is 350. The standard InChI is InChI=1S/C13H20ClNO.ClH/c1-9(15-13(2,3)4)12(16)10-6-5-7-11(14)8-10;/h5-9,12,15-16H,1-4H3;1H/t9-,12-;/m1./s1. The molecule has 0 aliphatic rings. The summed E-state index contributed by atoms with van der Waals surface area (Å²) in [6.45, 7) is 8.20. The van der Waals surface area contributed by atoms with Gasteiger partial charge in [-0.3, -0.25) is 0 Å². The van der Waals surface area contributed by atoms with Crippen molar-refractivity contribution < 1.29 is 5.11 Å². The number of hydrogen-bond acceptors (Lipinski definition) is 2. The molecule has 0 bridgehead atoms. The third-order valence-corrected chi connectivity index (χ3v) is 2.56. The second kappa shape index (κ2) is 6.60. The van der Waals surface area contributed by atoms with E-state index < -0.39 is 6.10 Å². The average molecular weight is 278 g/mol. The predicted octanol–water partition coefficient (Wildman–Crippen LogP) is 3.57. The Morgan fingerprint density at radius 1 is 1.29 bits per heavy atom. The lowest BCUT2D eigenvalue weighted by atomic mass is 10.00. The van der Waals surface area contributed by atoms with Gasteiger partial charge in [-0.2, -0.15) is 0 Å². The molecule has 1 rings (SSSR count). The van der Waals surface area contributed by atoms with Crippen molar-refractivity contribution >= 4 is 24.0 Å². The van der Waals surface area contributed by atoms with Crippen LogP contribution in [0.2, 0.25) is 5.02 Å². The number of hydrogen-bond donors (Lipinski definition) is 2. The normalized spacial score (nSPS) is 14.9. The molecule has 0 radical (unpaired) electrons. The molecule has 0 unspecified atom stereocenters. The maximum Gasteiger partial charge on any atom is 0.0940 e. The molecule has 0 amide bonds. The second-order valence-electron chi connectivity index (χ2n) is 5.18. The maximum atomic E-state index is 10.2. The number of halogens is 2. The van der Waals surface area contributed by atoms with E-state index in [2.05, 4.69) is 26.1 Å². The Kier molecular flexibility index (Phi) is 6.49. The molecule has 98 valence electrons. The molecule has 0 spiro atoms. The molecule has 0 aromatic heterocycles. The third-order valence-electron chi connectivity index (χ3n) is 2.32. The van der Waals surface area contributed by atoms with E-state index in [-0.39, 0.29) is 24.0 Å². The molecule has 0 aliphatic heterocycles. The highest BCUT2D eigenvalue weighted by atomic mass is 35.5. The average Bonchev–Trinajstić information content (AvgIpc) is 2.14. The molecule has 4 heteroatoms. The molecule has 0 aliphatic carbocycles. The lowest BCUT2D eigenvalue weighted by Crippen LogP contribution is -2.44. The van der Waals surface area contributed by atoms with Crippen molar-refractivity contribution in [3.05, 3.63) is 34.9 Å². The maximum absolute atomic E-state index is 10.2. The van der Waals surface area contributed by atoms with Crippen LogP contribution in [0.15, 0.2) is 24.3 Å². The van der Waals surface area contributed by atoms with Crippen molar-refractivity contribution in [3.8, 4) is 0 Å². The van der Waals surface area contributed by atoms with Gasteiger partial charge in [-0.25, -0.2) is 0 Å². The van der Waals surface area contributed by atoms with Crippen LogP contribution in [0.1, 0.15) is 39.4 Å². The summed E-state index contributed by atoms with van der Waals surface area (Å²) in [4.78, 5) is 0. The zero-order valence-electron chi connectivity index (χ0n) is 10.7. The monoisotopic (exact) mass is 277 g/mol. The molecular formula is C13H21Cl2NO. The highest BCUT2D eigenvalue weighted by Crippen LogP contribution is 2.21. The van der Waals surface area contributed by atoms with Crippen LogP contribution in [0.3, 0.4) is 0 Å². The molecular weight excluding hydrogens is 257 g/mol. The van der Waals surface area contributed by atoms with E-state index >= 15 is 0 Å². The lowest BCUT2D eigenvalue weighted by molar-refractivity contribution is 0.121. The van der Waals surface area contributed by atoms with Gasteiger partial charge in [0.2, 0.25) is 0 Å². The number of aliphatic hydroxyl groups is 1. The van der Waals surface area contributed by atoms with Crippen LogP contribution in [0.5, 0.6) is 0 Å². The fourth-order valence-corrected chi connectivity index (χ4v) is 1.94. The molecule has 2 atom stereocenters. The van der Waals surface area contributed by atoms with Crippen molar-refractivity contribution in [3.63, 3.8) is 0 Å². The van der Waals surface area contributed by atoms with Gasteiger partial charge in [0.05, 0.1) is 6.10 Å². The first kappa shape index (κ1) is 16.7. The van der Waals surface area contributed by atoms with Gasteiger partial charge >= 0.3 is 0 Å². The first-order chi connectivity index (χ1) is 7.29. The molecule has 0 saturated carbocycles. The SMILES string of the molecule is C[C@@H](NC(C)(C)C)[C@@H](O)c1cccc(Cl)c1.Cl. The van der Waals surface area contributed by atoms with E-state index in [0.29, 0.717) is 5.02 Å². The smallest absolute Gasteiger partial charge is 0.0940 e. The highest BCUT2D eigenvalue weighted by Gasteiger charge is 2.21. The Hall–Kier alpha value is -0.280. The largest absolute Gasteiger partial charge is 0.387 e. The van der Waals surface area contributed by atoms with Gasteiger partial charge < -0.3 is 10.4 Å². The van der Waals surface area contributed by atoms with Gasteiger partial charge in [0.25, 0.3) is 0 Å². The third kappa shape index (κ3) is 5.73. The van der Waals surface area contributed by atoms with Gasteiger partial charge in [0.1, 0.15) is 0 Å². The molecule has 0 fully saturated rings. The molecule has 1 aromatic rings. The fourth-order valence-electron chi connectivity index (χ4n) is 1.74. The summed E-state index contributed by atoms with van der Waals surface area (Å²) < 4.78 is 0. The van der Waals surface area contributed by atoms with Crippen LogP contribution in [0.25, 0.3) is 0 Å². The summed E-state index contributed by atoms with van der Waals surface area (Å²) in [5.41, 5.74) is 0.829. The Labute approximate surface area is 115 Å². The zero-order chi connectivity index (χ0) is 12.3. The van der Waals surface area contributed by atoms with Crippen LogP contribution in [-0.4, -0.2) is 16.7 Å². The first-order valence-corrected chi connectivity index (χ1v) is 5.88. The van der Waals surface area contributed by atoms with Gasteiger partial charge in [0, 0.05) is 16.6 Å². The van der Waals surface area contributed by atoms with E-state index in [4.69, 9.17) is 11.6 Å². The summed E-state index contributed by atoms with van der Waals surface area (Å²) in [6, 6.07) is 7.33. The summed E-state index contributed by atoms with van der Waals surface area (Å²) in [5.74, 6) is 0. The summed E-state index contributed by atoms with van der Waals surface area (Å²) >= 11 is 5.90. The van der Waals surface area contributed by atoms with Crippen molar-refractivity contribution in [2.45, 2.75) is 45.4 Å². The molecule has 0 saturated heterocycles. The van der Waals surface area contributed by atoms with Crippen LogP contribution in [0, 0.1) is 0 Å². The molecule has 2 nitrogen and oxygen atoms in total. The Morgan fingerprint density at radius 2 is 1.88 bits per heavy atom. The van der Waals surface area contributed by atoms with Gasteiger partial charge in [-0.1, -0.05) is 23.7 Å². The highest BCUT2D eigenvalue weighted by molar-refractivity contribution is 6.30. The van der Waals surface area contributed by atoms with E-state index in [1.165, 1.54) is 0 Å². The molecule has 0 heterocycles. The van der Waals surface area contributed by atoms with Crippen LogP contribution < -0.4 is 5.32 Å². The van der Waals surface area contributed by atoms with Crippen molar-refractivity contribution in [1.29, 1.82) is 0 Å². The Morgan fingerprint density at radius 3 is 2.35 bits per heavy atom. The van der Waals surface area contributed by atoms with Gasteiger partial charge in [-0.05, 0) is 45.4 Å². The van der Waals surface area contributed by atoms with E-state index in [9.17, 15) is 5.11 Å². The van der Waals surface area contributed by atoms with Crippen LogP contribution in [-0.2, 0) is 0 Å².